The predicted molar refractivity (Wildman–Crippen MR) is 78.4 cm³/mol. The maximum Gasteiger partial charge on any atom is 0.0936 e. The van der Waals surface area contributed by atoms with Crippen LogP contribution in [-0.4, -0.2) is 46.9 Å². The number of hydrogen-bond acceptors (Lipinski definition) is 4. The van der Waals surface area contributed by atoms with Gasteiger partial charge in [-0.3, -0.25) is 9.88 Å². The number of para-hydroxylation sites is 1. The highest BCUT2D eigenvalue weighted by atomic mass is 16.5. The molecule has 20 heavy (non-hydrogen) atoms. The summed E-state index contributed by atoms with van der Waals surface area (Å²) in [6.07, 6.45) is 1.91. The van der Waals surface area contributed by atoms with E-state index in [1.807, 2.05) is 12.3 Å². The summed E-state index contributed by atoms with van der Waals surface area (Å²) in [5, 5.41) is 10.5. The van der Waals surface area contributed by atoms with Gasteiger partial charge in [-0.25, -0.2) is 0 Å². The van der Waals surface area contributed by atoms with Crippen molar-refractivity contribution in [1.29, 1.82) is 0 Å². The van der Waals surface area contributed by atoms with Gasteiger partial charge in [0.05, 0.1) is 24.3 Å². The highest BCUT2D eigenvalue weighted by Crippen LogP contribution is 2.20. The summed E-state index contributed by atoms with van der Waals surface area (Å²) in [7, 11) is 0. The van der Waals surface area contributed by atoms with Crippen LogP contribution in [0.1, 0.15) is 12.5 Å². The summed E-state index contributed by atoms with van der Waals surface area (Å²) in [5.74, 6) is 0. The van der Waals surface area contributed by atoms with Gasteiger partial charge in [-0.15, -0.1) is 0 Å². The molecule has 1 saturated heterocycles. The normalized spacial score (nSPS) is 24.1. The molecule has 2 atom stereocenters. The highest BCUT2D eigenvalue weighted by molar-refractivity contribution is 5.81. The van der Waals surface area contributed by atoms with Crippen molar-refractivity contribution < 1.29 is 9.84 Å². The molecule has 1 N–H and O–H groups in total. The summed E-state index contributed by atoms with van der Waals surface area (Å²) < 4.78 is 5.68. The lowest BCUT2D eigenvalue weighted by atomic mass is 10.1. The fourth-order valence-electron chi connectivity index (χ4n) is 2.91. The van der Waals surface area contributed by atoms with E-state index in [1.54, 1.807) is 0 Å². The molecular formula is C16H20N2O2. The van der Waals surface area contributed by atoms with Crippen LogP contribution in [-0.2, 0) is 11.3 Å². The Balaban J connectivity index is 1.82. The van der Waals surface area contributed by atoms with E-state index in [2.05, 4.69) is 41.1 Å². The number of pyridine rings is 1. The van der Waals surface area contributed by atoms with E-state index in [0.717, 1.165) is 25.2 Å². The van der Waals surface area contributed by atoms with E-state index in [1.165, 1.54) is 10.9 Å². The molecule has 0 saturated carbocycles. The lowest BCUT2D eigenvalue weighted by Gasteiger charge is -2.36. The third-order valence-electron chi connectivity index (χ3n) is 3.72. The van der Waals surface area contributed by atoms with E-state index in [4.69, 9.17) is 4.74 Å². The van der Waals surface area contributed by atoms with E-state index in [0.29, 0.717) is 0 Å². The minimum Gasteiger partial charge on any atom is -0.394 e. The van der Waals surface area contributed by atoms with Gasteiger partial charge in [0.1, 0.15) is 0 Å². The summed E-state index contributed by atoms with van der Waals surface area (Å²) in [6.45, 7) is 4.63. The standard InChI is InChI=1S/C16H20N2O2/c1-12-8-18(10-15(11-19)20-12)9-14-5-2-4-13-6-3-7-17-16(13)14/h2-7,12,15,19H,8-11H2,1H3. The zero-order valence-electron chi connectivity index (χ0n) is 11.7. The van der Waals surface area contributed by atoms with E-state index in [-0.39, 0.29) is 18.8 Å². The minimum atomic E-state index is -0.0818. The van der Waals surface area contributed by atoms with E-state index in [9.17, 15) is 5.11 Å². The molecule has 1 fully saturated rings. The summed E-state index contributed by atoms with van der Waals surface area (Å²) in [6, 6.07) is 10.3. The van der Waals surface area contributed by atoms with Gasteiger partial charge in [0.2, 0.25) is 0 Å². The molecule has 3 rings (SSSR count). The van der Waals surface area contributed by atoms with Gasteiger partial charge in [0.15, 0.2) is 0 Å². The maximum atomic E-state index is 9.30. The summed E-state index contributed by atoms with van der Waals surface area (Å²) in [5.41, 5.74) is 2.29. The molecule has 4 nitrogen and oxygen atoms in total. The Bertz CT molecular complexity index is 582. The van der Waals surface area contributed by atoms with E-state index >= 15 is 0 Å². The smallest absolute Gasteiger partial charge is 0.0936 e. The van der Waals surface area contributed by atoms with Crippen LogP contribution in [0, 0.1) is 0 Å². The first-order valence-electron chi connectivity index (χ1n) is 7.07. The number of aliphatic hydroxyl groups excluding tert-OH is 1. The number of morpholine rings is 1. The maximum absolute atomic E-state index is 9.30. The van der Waals surface area contributed by atoms with Crippen LogP contribution in [0.2, 0.25) is 0 Å². The number of rotatable bonds is 3. The number of aliphatic hydroxyl groups is 1. The van der Waals surface area contributed by atoms with Crippen LogP contribution in [0.25, 0.3) is 10.9 Å². The monoisotopic (exact) mass is 272 g/mol. The van der Waals surface area contributed by atoms with Gasteiger partial charge in [0, 0.05) is 31.2 Å². The van der Waals surface area contributed by atoms with Crippen LogP contribution in [0.15, 0.2) is 36.5 Å². The van der Waals surface area contributed by atoms with Crippen molar-refractivity contribution in [3.05, 3.63) is 42.1 Å². The van der Waals surface area contributed by atoms with Crippen LogP contribution in [0.3, 0.4) is 0 Å². The third-order valence-corrected chi connectivity index (χ3v) is 3.72. The first-order chi connectivity index (χ1) is 9.76. The van der Waals surface area contributed by atoms with Crippen molar-refractivity contribution in [2.24, 2.45) is 0 Å². The van der Waals surface area contributed by atoms with Crippen molar-refractivity contribution in [2.75, 3.05) is 19.7 Å². The van der Waals surface area contributed by atoms with Gasteiger partial charge in [-0.1, -0.05) is 24.3 Å². The zero-order valence-corrected chi connectivity index (χ0v) is 11.7. The molecule has 2 heterocycles. The van der Waals surface area contributed by atoms with Crippen LogP contribution >= 0.6 is 0 Å². The van der Waals surface area contributed by atoms with Gasteiger partial charge in [0.25, 0.3) is 0 Å². The zero-order chi connectivity index (χ0) is 13.9. The molecule has 0 spiro atoms. The van der Waals surface area contributed by atoms with Crippen LogP contribution in [0.5, 0.6) is 0 Å². The average Bonchev–Trinajstić information content (AvgIpc) is 2.47. The lowest BCUT2D eigenvalue weighted by molar-refractivity contribution is -0.0971. The Hall–Kier alpha value is -1.49. The number of benzene rings is 1. The number of fused-ring (bicyclic) bond motifs is 1. The van der Waals surface area contributed by atoms with E-state index < -0.39 is 0 Å². The SMILES string of the molecule is CC1CN(Cc2cccc3cccnc23)CC(CO)O1. The molecule has 1 aliphatic heterocycles. The molecular weight excluding hydrogens is 252 g/mol. The van der Waals surface area contributed by atoms with Crippen molar-refractivity contribution in [1.82, 2.24) is 9.88 Å². The Morgan fingerprint density at radius 3 is 3.00 bits per heavy atom. The Morgan fingerprint density at radius 1 is 1.30 bits per heavy atom. The molecule has 4 heteroatoms. The predicted octanol–water partition coefficient (Wildman–Crippen LogP) is 1.82. The minimum absolute atomic E-state index is 0.0780. The summed E-state index contributed by atoms with van der Waals surface area (Å²) >= 11 is 0. The topological polar surface area (TPSA) is 45.6 Å². The van der Waals surface area contributed by atoms with Gasteiger partial charge in [-0.2, -0.15) is 0 Å². The molecule has 1 aromatic heterocycles. The molecule has 2 aromatic rings. The Kier molecular flexibility index (Phi) is 3.96. The number of aromatic nitrogens is 1. The second-order valence-electron chi connectivity index (χ2n) is 5.44. The third kappa shape index (κ3) is 2.82. The Morgan fingerprint density at radius 2 is 2.15 bits per heavy atom. The molecule has 0 aliphatic carbocycles. The second-order valence-corrected chi connectivity index (χ2v) is 5.44. The van der Waals surface area contributed by atoms with Crippen molar-refractivity contribution in [3.63, 3.8) is 0 Å². The molecule has 0 amide bonds. The van der Waals surface area contributed by atoms with Crippen molar-refractivity contribution >= 4 is 10.9 Å². The largest absolute Gasteiger partial charge is 0.394 e. The summed E-state index contributed by atoms with van der Waals surface area (Å²) in [4.78, 5) is 6.83. The first kappa shape index (κ1) is 13.5. The fraction of sp³-hybridized carbons (Fsp3) is 0.438. The molecule has 0 radical (unpaired) electrons. The molecule has 0 bridgehead atoms. The molecule has 2 unspecified atom stereocenters. The van der Waals surface area contributed by atoms with Gasteiger partial charge < -0.3 is 9.84 Å². The first-order valence-corrected chi connectivity index (χ1v) is 7.07. The quantitative estimate of drug-likeness (QED) is 0.925. The van der Waals surface area contributed by atoms with Crippen LogP contribution < -0.4 is 0 Å². The number of hydrogen-bond donors (Lipinski definition) is 1. The Labute approximate surface area is 119 Å². The highest BCUT2D eigenvalue weighted by Gasteiger charge is 2.24. The molecule has 106 valence electrons. The second kappa shape index (κ2) is 5.87. The van der Waals surface area contributed by atoms with Gasteiger partial charge in [-0.05, 0) is 18.6 Å². The van der Waals surface area contributed by atoms with Crippen LogP contribution in [0.4, 0.5) is 0 Å². The number of ether oxygens (including phenoxy) is 1. The van der Waals surface area contributed by atoms with Crippen molar-refractivity contribution in [3.8, 4) is 0 Å². The molecule has 1 aliphatic rings. The lowest BCUT2D eigenvalue weighted by Crippen LogP contribution is -2.47. The van der Waals surface area contributed by atoms with Crippen molar-refractivity contribution in [2.45, 2.75) is 25.7 Å². The molecule has 1 aromatic carbocycles. The van der Waals surface area contributed by atoms with Gasteiger partial charge >= 0.3 is 0 Å². The fourth-order valence-corrected chi connectivity index (χ4v) is 2.91. The number of nitrogens with zero attached hydrogens (tertiary/aromatic N) is 2. The average molecular weight is 272 g/mol.